The molecule has 0 saturated heterocycles. The Morgan fingerprint density at radius 1 is 0.500 bits per heavy atom. The molecular formula is C22H22N2O6. The van der Waals surface area contributed by atoms with Gasteiger partial charge in [0.15, 0.2) is 23.0 Å². The highest BCUT2D eigenvalue weighted by atomic mass is 16.6. The Labute approximate surface area is 175 Å². The predicted molar refractivity (Wildman–Crippen MR) is 106 cm³/mol. The van der Waals surface area contributed by atoms with Crippen LogP contribution in [0.15, 0.2) is 36.4 Å². The summed E-state index contributed by atoms with van der Waals surface area (Å²) in [5.74, 6) is 2.05. The molecule has 0 spiro atoms. The summed E-state index contributed by atoms with van der Waals surface area (Å²) in [7, 11) is 0. The summed E-state index contributed by atoms with van der Waals surface area (Å²) in [6, 6.07) is 14.2. The van der Waals surface area contributed by atoms with Crippen molar-refractivity contribution < 1.29 is 28.4 Å². The third kappa shape index (κ3) is 6.28. The molecule has 0 radical (unpaired) electrons. The van der Waals surface area contributed by atoms with E-state index < -0.39 is 0 Å². The van der Waals surface area contributed by atoms with Gasteiger partial charge in [-0.3, -0.25) is 0 Å². The van der Waals surface area contributed by atoms with Gasteiger partial charge in [0.25, 0.3) is 0 Å². The summed E-state index contributed by atoms with van der Waals surface area (Å²) in [6.45, 7) is 2.63. The monoisotopic (exact) mass is 410 g/mol. The van der Waals surface area contributed by atoms with Gasteiger partial charge >= 0.3 is 0 Å². The number of benzene rings is 2. The van der Waals surface area contributed by atoms with E-state index in [1.54, 1.807) is 36.4 Å². The summed E-state index contributed by atoms with van der Waals surface area (Å²) in [5.41, 5.74) is 0.973. The van der Waals surface area contributed by atoms with Gasteiger partial charge in [-0.1, -0.05) is 0 Å². The first kappa shape index (κ1) is 21.3. The summed E-state index contributed by atoms with van der Waals surface area (Å²) in [5, 5.41) is 18.2. The third-order valence-electron chi connectivity index (χ3n) is 4.09. The van der Waals surface area contributed by atoms with Crippen molar-refractivity contribution in [2.45, 2.75) is 0 Å². The maximum Gasteiger partial charge on any atom is 0.162 e. The standard InChI is InChI=1S/C22H22N2O6/c23-15-17-1-3-19-21(13-17)29-11-7-26-6-10-28-20-4-2-18(16-24)14-22(20)30-12-8-25-5-9-27-19/h1-4,13-14H,5-12H2. The largest absolute Gasteiger partial charge is 0.487 e. The molecule has 0 aliphatic carbocycles. The Bertz CT molecular complexity index is 843. The Hall–Kier alpha value is -3.46. The molecule has 1 aliphatic heterocycles. The van der Waals surface area contributed by atoms with E-state index in [0.717, 1.165) is 0 Å². The van der Waals surface area contributed by atoms with Crippen LogP contribution in [-0.2, 0) is 9.47 Å². The van der Waals surface area contributed by atoms with Gasteiger partial charge in [0.1, 0.15) is 26.4 Å². The fraction of sp³-hybridized carbons (Fsp3) is 0.364. The van der Waals surface area contributed by atoms with E-state index in [1.807, 2.05) is 0 Å². The topological polar surface area (TPSA) is 103 Å². The lowest BCUT2D eigenvalue weighted by Crippen LogP contribution is -2.15. The van der Waals surface area contributed by atoms with Crippen molar-refractivity contribution in [2.24, 2.45) is 0 Å². The molecule has 156 valence electrons. The van der Waals surface area contributed by atoms with Crippen LogP contribution in [0, 0.1) is 22.7 Å². The van der Waals surface area contributed by atoms with Gasteiger partial charge in [-0.25, -0.2) is 0 Å². The molecular weight excluding hydrogens is 388 g/mol. The second-order valence-corrected chi connectivity index (χ2v) is 6.17. The van der Waals surface area contributed by atoms with E-state index in [9.17, 15) is 0 Å². The minimum Gasteiger partial charge on any atom is -0.487 e. The van der Waals surface area contributed by atoms with Crippen LogP contribution in [0.4, 0.5) is 0 Å². The maximum absolute atomic E-state index is 9.09. The van der Waals surface area contributed by atoms with E-state index in [-0.39, 0.29) is 0 Å². The van der Waals surface area contributed by atoms with Gasteiger partial charge < -0.3 is 28.4 Å². The van der Waals surface area contributed by atoms with Gasteiger partial charge in [0, 0.05) is 12.1 Å². The molecule has 0 N–H and O–H groups in total. The van der Waals surface area contributed by atoms with Crippen LogP contribution in [-0.4, -0.2) is 52.9 Å². The molecule has 0 aromatic heterocycles. The van der Waals surface area contributed by atoms with E-state index >= 15 is 0 Å². The third-order valence-corrected chi connectivity index (χ3v) is 4.09. The van der Waals surface area contributed by atoms with Crippen LogP contribution in [0.3, 0.4) is 0 Å². The van der Waals surface area contributed by atoms with E-state index in [1.165, 1.54) is 0 Å². The highest BCUT2D eigenvalue weighted by molar-refractivity contribution is 5.47. The summed E-state index contributed by atoms with van der Waals surface area (Å²) in [6.07, 6.45) is 0. The second-order valence-electron chi connectivity index (χ2n) is 6.17. The normalized spacial score (nSPS) is 15.7. The number of rotatable bonds is 0. The van der Waals surface area contributed by atoms with Crippen LogP contribution < -0.4 is 18.9 Å². The zero-order chi connectivity index (χ0) is 21.0. The van der Waals surface area contributed by atoms with Gasteiger partial charge in [-0.05, 0) is 24.3 Å². The molecule has 0 unspecified atom stereocenters. The molecule has 2 aromatic rings. The van der Waals surface area contributed by atoms with Gasteiger partial charge in [0.2, 0.25) is 0 Å². The summed E-state index contributed by atoms with van der Waals surface area (Å²) in [4.78, 5) is 0. The van der Waals surface area contributed by atoms with Crippen molar-refractivity contribution >= 4 is 0 Å². The SMILES string of the molecule is N#Cc1ccc2c(c1)OCCOCCOc1ccc(C#N)cc1OCCOCCO2. The van der Waals surface area contributed by atoms with Crippen LogP contribution in [0.5, 0.6) is 23.0 Å². The van der Waals surface area contributed by atoms with Crippen LogP contribution in [0.1, 0.15) is 11.1 Å². The molecule has 0 saturated carbocycles. The van der Waals surface area contributed by atoms with E-state index in [0.29, 0.717) is 87.0 Å². The lowest BCUT2D eigenvalue weighted by Gasteiger charge is -2.15. The van der Waals surface area contributed by atoms with Crippen molar-refractivity contribution in [3.63, 3.8) is 0 Å². The molecule has 0 amide bonds. The van der Waals surface area contributed by atoms with Gasteiger partial charge in [-0.2, -0.15) is 10.5 Å². The van der Waals surface area contributed by atoms with E-state index in [2.05, 4.69) is 12.1 Å². The fourth-order valence-corrected chi connectivity index (χ4v) is 2.67. The molecule has 30 heavy (non-hydrogen) atoms. The first-order chi connectivity index (χ1) is 14.8. The highest BCUT2D eigenvalue weighted by Crippen LogP contribution is 2.29. The molecule has 1 aliphatic rings. The summed E-state index contributed by atoms with van der Waals surface area (Å²) < 4.78 is 34.0. The Morgan fingerprint density at radius 2 is 0.867 bits per heavy atom. The number of ether oxygens (including phenoxy) is 6. The lowest BCUT2D eigenvalue weighted by atomic mass is 10.2. The average molecular weight is 410 g/mol. The Balaban J connectivity index is 1.63. The fourth-order valence-electron chi connectivity index (χ4n) is 2.67. The predicted octanol–water partition coefficient (Wildman–Crippen LogP) is 2.69. The van der Waals surface area contributed by atoms with Gasteiger partial charge in [0.05, 0.1) is 49.7 Å². The molecule has 8 heteroatoms. The van der Waals surface area contributed by atoms with Crippen molar-refractivity contribution in [3.05, 3.63) is 47.5 Å². The average Bonchev–Trinajstić information content (AvgIpc) is 2.78. The number of fused-ring (bicyclic) bond motifs is 2. The molecule has 2 aromatic carbocycles. The molecule has 1 heterocycles. The number of nitrogens with zero attached hydrogens (tertiary/aromatic N) is 2. The van der Waals surface area contributed by atoms with Crippen LogP contribution >= 0.6 is 0 Å². The minimum atomic E-state index is 0.299. The van der Waals surface area contributed by atoms with Gasteiger partial charge in [-0.15, -0.1) is 0 Å². The Kier molecular flexibility index (Phi) is 8.16. The number of hydrogen-bond acceptors (Lipinski definition) is 8. The molecule has 0 fully saturated rings. The van der Waals surface area contributed by atoms with Crippen molar-refractivity contribution in [2.75, 3.05) is 52.9 Å². The van der Waals surface area contributed by atoms with Crippen molar-refractivity contribution in [3.8, 4) is 35.1 Å². The van der Waals surface area contributed by atoms with Crippen LogP contribution in [0.2, 0.25) is 0 Å². The maximum atomic E-state index is 9.09. The van der Waals surface area contributed by atoms with Crippen molar-refractivity contribution in [1.29, 1.82) is 10.5 Å². The zero-order valence-corrected chi connectivity index (χ0v) is 16.5. The Morgan fingerprint density at radius 3 is 1.23 bits per heavy atom. The van der Waals surface area contributed by atoms with Crippen LogP contribution in [0.25, 0.3) is 0 Å². The first-order valence-corrected chi connectivity index (χ1v) is 9.55. The number of hydrogen-bond donors (Lipinski definition) is 0. The smallest absolute Gasteiger partial charge is 0.162 e. The molecule has 8 nitrogen and oxygen atoms in total. The van der Waals surface area contributed by atoms with E-state index in [4.69, 9.17) is 38.9 Å². The van der Waals surface area contributed by atoms with Crippen molar-refractivity contribution in [1.82, 2.24) is 0 Å². The highest BCUT2D eigenvalue weighted by Gasteiger charge is 2.09. The number of nitriles is 2. The lowest BCUT2D eigenvalue weighted by molar-refractivity contribution is 0.0640. The minimum absolute atomic E-state index is 0.299. The molecule has 0 atom stereocenters. The summed E-state index contributed by atoms with van der Waals surface area (Å²) >= 11 is 0. The zero-order valence-electron chi connectivity index (χ0n) is 16.5. The first-order valence-electron chi connectivity index (χ1n) is 9.55. The molecule has 0 bridgehead atoms. The second kappa shape index (κ2) is 11.5. The quantitative estimate of drug-likeness (QED) is 0.653. The molecule has 3 rings (SSSR count).